The van der Waals surface area contributed by atoms with Crippen LogP contribution in [0.25, 0.3) is 0 Å². The van der Waals surface area contributed by atoms with Crippen LogP contribution in [0.2, 0.25) is 0 Å². The monoisotopic (exact) mass is 331 g/mol. The molecule has 2 fully saturated rings. The molecule has 0 unspecified atom stereocenters. The molecule has 1 heterocycles. The van der Waals surface area contributed by atoms with Crippen LogP contribution in [0.15, 0.2) is 24.3 Å². The third-order valence-corrected chi connectivity index (χ3v) is 4.64. The highest BCUT2D eigenvalue weighted by molar-refractivity contribution is 5.87. The van der Waals surface area contributed by atoms with Gasteiger partial charge in [0.05, 0.1) is 11.6 Å². The maximum Gasteiger partial charge on any atom is 0.335 e. The number of urea groups is 1. The fraction of sp³-hybridized carbons (Fsp3) is 0.471. The molecule has 24 heavy (non-hydrogen) atoms. The maximum absolute atomic E-state index is 12.0. The average Bonchev–Trinajstić information content (AvgIpc) is 2.46. The van der Waals surface area contributed by atoms with E-state index in [1.165, 1.54) is 12.1 Å². The lowest BCUT2D eigenvalue weighted by atomic mass is 9.84. The summed E-state index contributed by atoms with van der Waals surface area (Å²) in [5.41, 5.74) is 1.06. The van der Waals surface area contributed by atoms with Crippen LogP contribution in [0.3, 0.4) is 0 Å². The van der Waals surface area contributed by atoms with Gasteiger partial charge in [-0.3, -0.25) is 4.79 Å². The Morgan fingerprint density at radius 3 is 2.33 bits per heavy atom. The SMILES string of the molecule is O=C(O)c1ccc(CNC(=O)N2CC(NC(=O)C3CCC3)C2)cc1. The lowest BCUT2D eigenvalue weighted by Crippen LogP contribution is -2.63. The van der Waals surface area contributed by atoms with E-state index in [-0.39, 0.29) is 29.5 Å². The molecule has 0 aromatic heterocycles. The fourth-order valence-electron chi connectivity index (χ4n) is 2.78. The molecule has 7 heteroatoms. The molecule has 128 valence electrons. The van der Waals surface area contributed by atoms with Gasteiger partial charge in [-0.15, -0.1) is 0 Å². The number of amides is 3. The number of carbonyl (C=O) groups excluding carboxylic acids is 2. The second-order valence-electron chi connectivity index (χ2n) is 6.40. The molecule has 0 atom stereocenters. The van der Waals surface area contributed by atoms with E-state index in [9.17, 15) is 14.4 Å². The van der Waals surface area contributed by atoms with E-state index < -0.39 is 5.97 Å². The summed E-state index contributed by atoms with van der Waals surface area (Å²) in [6, 6.07) is 6.27. The normalized spacial score (nSPS) is 17.6. The van der Waals surface area contributed by atoms with Crippen molar-refractivity contribution in [3.05, 3.63) is 35.4 Å². The Balaban J connectivity index is 1.37. The van der Waals surface area contributed by atoms with Gasteiger partial charge in [0.25, 0.3) is 0 Å². The van der Waals surface area contributed by atoms with Crippen molar-refractivity contribution in [2.45, 2.75) is 31.8 Å². The molecule has 3 rings (SSSR count). The fourth-order valence-corrected chi connectivity index (χ4v) is 2.78. The van der Waals surface area contributed by atoms with Crippen LogP contribution < -0.4 is 10.6 Å². The number of nitrogens with one attached hydrogen (secondary N) is 2. The van der Waals surface area contributed by atoms with Gasteiger partial charge in [0, 0.05) is 25.6 Å². The van der Waals surface area contributed by atoms with Gasteiger partial charge in [-0.05, 0) is 30.5 Å². The van der Waals surface area contributed by atoms with Crippen molar-refractivity contribution >= 4 is 17.9 Å². The molecule has 0 spiro atoms. The van der Waals surface area contributed by atoms with E-state index in [0.717, 1.165) is 24.8 Å². The molecule has 1 aromatic carbocycles. The van der Waals surface area contributed by atoms with Gasteiger partial charge in [-0.1, -0.05) is 18.6 Å². The topological polar surface area (TPSA) is 98.7 Å². The second-order valence-corrected chi connectivity index (χ2v) is 6.40. The summed E-state index contributed by atoms with van der Waals surface area (Å²) >= 11 is 0. The third-order valence-electron chi connectivity index (χ3n) is 4.64. The smallest absolute Gasteiger partial charge is 0.335 e. The van der Waals surface area contributed by atoms with Crippen molar-refractivity contribution in [3.63, 3.8) is 0 Å². The Morgan fingerprint density at radius 2 is 1.79 bits per heavy atom. The Kier molecular flexibility index (Phi) is 4.69. The molecular weight excluding hydrogens is 310 g/mol. The molecule has 0 bridgehead atoms. The van der Waals surface area contributed by atoms with Gasteiger partial charge in [0.2, 0.25) is 5.91 Å². The first kappa shape index (κ1) is 16.3. The minimum atomic E-state index is -0.971. The van der Waals surface area contributed by atoms with Crippen LogP contribution in [0.4, 0.5) is 4.79 Å². The summed E-state index contributed by atoms with van der Waals surface area (Å²) in [4.78, 5) is 36.3. The van der Waals surface area contributed by atoms with Gasteiger partial charge in [0.1, 0.15) is 0 Å². The lowest BCUT2D eigenvalue weighted by Gasteiger charge is -2.40. The number of aromatic carboxylic acids is 1. The van der Waals surface area contributed by atoms with Crippen LogP contribution in [0.1, 0.15) is 35.2 Å². The highest BCUT2D eigenvalue weighted by Gasteiger charge is 2.34. The lowest BCUT2D eigenvalue weighted by molar-refractivity contribution is -0.129. The van der Waals surface area contributed by atoms with Crippen LogP contribution in [0.5, 0.6) is 0 Å². The molecule has 1 aliphatic heterocycles. The van der Waals surface area contributed by atoms with Gasteiger partial charge in [0.15, 0.2) is 0 Å². The first-order valence-corrected chi connectivity index (χ1v) is 8.18. The van der Waals surface area contributed by atoms with Gasteiger partial charge >= 0.3 is 12.0 Å². The molecular formula is C17H21N3O4. The standard InChI is InChI=1S/C17H21N3O4/c21-15(12-2-1-3-12)19-14-9-20(10-14)17(24)18-8-11-4-6-13(7-5-11)16(22)23/h4-7,12,14H,1-3,8-10H2,(H,18,24)(H,19,21)(H,22,23). The summed E-state index contributed by atoms with van der Waals surface area (Å²) in [5, 5.41) is 14.6. The van der Waals surface area contributed by atoms with Crippen molar-refractivity contribution < 1.29 is 19.5 Å². The van der Waals surface area contributed by atoms with Gasteiger partial charge in [-0.2, -0.15) is 0 Å². The number of hydrogen-bond donors (Lipinski definition) is 3. The molecule has 3 N–H and O–H groups in total. The second kappa shape index (κ2) is 6.90. The maximum atomic E-state index is 12.0. The minimum Gasteiger partial charge on any atom is -0.478 e. The number of carboxylic acids is 1. The average molecular weight is 331 g/mol. The highest BCUT2D eigenvalue weighted by Crippen LogP contribution is 2.26. The summed E-state index contributed by atoms with van der Waals surface area (Å²) in [6.07, 6.45) is 3.08. The van der Waals surface area contributed by atoms with Crippen molar-refractivity contribution in [3.8, 4) is 0 Å². The van der Waals surface area contributed by atoms with Crippen molar-refractivity contribution in [2.24, 2.45) is 5.92 Å². The minimum absolute atomic E-state index is 0.0544. The van der Waals surface area contributed by atoms with Crippen LogP contribution in [-0.4, -0.2) is 47.0 Å². The molecule has 1 aromatic rings. The van der Waals surface area contributed by atoms with E-state index in [0.29, 0.717) is 19.6 Å². The summed E-state index contributed by atoms with van der Waals surface area (Å²) in [6.45, 7) is 1.40. The molecule has 1 saturated carbocycles. The zero-order chi connectivity index (χ0) is 17.1. The first-order chi connectivity index (χ1) is 11.5. The first-order valence-electron chi connectivity index (χ1n) is 8.18. The molecule has 2 aliphatic rings. The summed E-state index contributed by atoms with van der Waals surface area (Å²) in [5.74, 6) is -0.687. The number of nitrogens with zero attached hydrogens (tertiary/aromatic N) is 1. The molecule has 1 aliphatic carbocycles. The van der Waals surface area contributed by atoms with Crippen molar-refractivity contribution in [1.82, 2.24) is 15.5 Å². The van der Waals surface area contributed by atoms with E-state index in [2.05, 4.69) is 10.6 Å². The van der Waals surface area contributed by atoms with Crippen LogP contribution in [0, 0.1) is 5.92 Å². The van der Waals surface area contributed by atoms with Crippen LogP contribution in [-0.2, 0) is 11.3 Å². The predicted molar refractivity (Wildman–Crippen MR) is 86.5 cm³/mol. The summed E-state index contributed by atoms with van der Waals surface area (Å²) in [7, 11) is 0. The summed E-state index contributed by atoms with van der Waals surface area (Å²) < 4.78 is 0. The molecule has 0 radical (unpaired) electrons. The molecule has 1 saturated heterocycles. The number of benzene rings is 1. The van der Waals surface area contributed by atoms with Gasteiger partial charge in [-0.25, -0.2) is 9.59 Å². The quantitative estimate of drug-likeness (QED) is 0.755. The Labute approximate surface area is 140 Å². The number of rotatable bonds is 5. The van der Waals surface area contributed by atoms with Crippen LogP contribution >= 0.6 is 0 Å². The largest absolute Gasteiger partial charge is 0.478 e. The van der Waals surface area contributed by atoms with E-state index in [4.69, 9.17) is 5.11 Å². The highest BCUT2D eigenvalue weighted by atomic mass is 16.4. The van der Waals surface area contributed by atoms with E-state index in [1.807, 2.05) is 0 Å². The third kappa shape index (κ3) is 3.67. The molecule has 3 amide bonds. The van der Waals surface area contributed by atoms with Crippen molar-refractivity contribution in [1.29, 1.82) is 0 Å². The van der Waals surface area contributed by atoms with E-state index >= 15 is 0 Å². The van der Waals surface area contributed by atoms with Crippen molar-refractivity contribution in [2.75, 3.05) is 13.1 Å². The number of carbonyl (C=O) groups is 3. The Bertz CT molecular complexity index is 634. The Morgan fingerprint density at radius 1 is 1.12 bits per heavy atom. The zero-order valence-electron chi connectivity index (χ0n) is 13.3. The number of hydrogen-bond acceptors (Lipinski definition) is 3. The number of carboxylic acid groups (broad SMARTS) is 1. The Hall–Kier alpha value is -2.57. The number of likely N-dealkylation sites (tertiary alicyclic amines) is 1. The molecule has 7 nitrogen and oxygen atoms in total. The van der Waals surface area contributed by atoms with E-state index in [1.54, 1.807) is 17.0 Å². The van der Waals surface area contributed by atoms with Gasteiger partial charge < -0.3 is 20.6 Å². The zero-order valence-corrected chi connectivity index (χ0v) is 13.3. The predicted octanol–water partition coefficient (Wildman–Crippen LogP) is 1.19.